The second-order valence-electron chi connectivity index (χ2n) is 9.85. The second kappa shape index (κ2) is 8.33. The molecule has 3 aromatic rings. The minimum atomic E-state index is 0.147. The average molecular weight is 434 g/mol. The van der Waals surface area contributed by atoms with E-state index in [4.69, 9.17) is 0 Å². The minimum Gasteiger partial charge on any atom is -0.343 e. The largest absolute Gasteiger partial charge is 0.343 e. The summed E-state index contributed by atoms with van der Waals surface area (Å²) >= 11 is 0. The second-order valence-corrected chi connectivity index (χ2v) is 9.85. The number of carbonyl (C=O) groups is 1. The first-order chi connectivity index (χ1) is 16.2. The SMILES string of the molecule is Cc1ccccc1C1=c2ccc3c(c2CCC1)C(CC(=O)N1CCCC1)C=c1ccccc1=3. The third-order valence-corrected chi connectivity index (χ3v) is 7.86. The Morgan fingerprint density at radius 1 is 0.848 bits per heavy atom. The molecule has 6 rings (SSSR count). The molecular formula is C31H31NO. The van der Waals surface area contributed by atoms with Crippen molar-refractivity contribution in [3.63, 3.8) is 0 Å². The van der Waals surface area contributed by atoms with Crippen LogP contribution in [0.4, 0.5) is 0 Å². The molecule has 166 valence electrons. The summed E-state index contributed by atoms with van der Waals surface area (Å²) in [7, 11) is 0. The monoisotopic (exact) mass is 433 g/mol. The highest BCUT2D eigenvalue weighted by atomic mass is 16.2. The van der Waals surface area contributed by atoms with E-state index in [2.05, 4.69) is 78.6 Å². The van der Waals surface area contributed by atoms with E-state index in [0.717, 1.165) is 38.8 Å². The lowest BCUT2D eigenvalue weighted by Gasteiger charge is -2.27. The first-order valence-corrected chi connectivity index (χ1v) is 12.5. The third kappa shape index (κ3) is 3.53. The molecule has 0 saturated carbocycles. The van der Waals surface area contributed by atoms with Crippen molar-refractivity contribution in [2.45, 2.75) is 51.4 Å². The summed E-state index contributed by atoms with van der Waals surface area (Å²) in [5.41, 5.74) is 7.08. The molecule has 1 saturated heterocycles. The summed E-state index contributed by atoms with van der Waals surface area (Å²) in [5, 5.41) is 5.31. The summed E-state index contributed by atoms with van der Waals surface area (Å²) < 4.78 is 0. The Hall–Kier alpha value is -3.13. The quantitative estimate of drug-likeness (QED) is 0.586. The van der Waals surface area contributed by atoms with Gasteiger partial charge in [-0.25, -0.2) is 0 Å². The molecule has 1 fully saturated rings. The zero-order valence-corrected chi connectivity index (χ0v) is 19.4. The van der Waals surface area contributed by atoms with Crippen LogP contribution in [0.2, 0.25) is 0 Å². The van der Waals surface area contributed by atoms with Crippen molar-refractivity contribution < 1.29 is 4.79 Å². The third-order valence-electron chi connectivity index (χ3n) is 7.86. The van der Waals surface area contributed by atoms with Crippen LogP contribution >= 0.6 is 0 Å². The molecule has 0 N–H and O–H groups in total. The van der Waals surface area contributed by atoms with E-state index in [9.17, 15) is 4.79 Å². The number of likely N-dealkylation sites (tertiary alicyclic amines) is 1. The van der Waals surface area contributed by atoms with Crippen molar-refractivity contribution in [3.05, 3.63) is 104 Å². The highest BCUT2D eigenvalue weighted by Gasteiger charge is 2.27. The van der Waals surface area contributed by atoms with Crippen molar-refractivity contribution >= 4 is 17.6 Å². The molecule has 1 atom stereocenters. The van der Waals surface area contributed by atoms with Crippen LogP contribution in [0, 0.1) is 17.4 Å². The van der Waals surface area contributed by atoms with Crippen LogP contribution in [0.25, 0.3) is 11.6 Å². The molecule has 3 aliphatic rings. The number of benzene rings is 3. The molecule has 0 spiro atoms. The smallest absolute Gasteiger partial charge is 0.223 e. The van der Waals surface area contributed by atoms with Crippen molar-refractivity contribution in [3.8, 4) is 0 Å². The number of carbonyl (C=O) groups excluding carboxylic acids is 1. The summed E-state index contributed by atoms with van der Waals surface area (Å²) in [6.45, 7) is 4.07. The van der Waals surface area contributed by atoms with E-state index in [-0.39, 0.29) is 5.92 Å². The number of amides is 1. The lowest BCUT2D eigenvalue weighted by Crippen LogP contribution is -2.31. The van der Waals surface area contributed by atoms with Gasteiger partial charge in [-0.15, -0.1) is 0 Å². The molecule has 0 aromatic heterocycles. The van der Waals surface area contributed by atoms with Gasteiger partial charge in [-0.1, -0.05) is 66.7 Å². The maximum atomic E-state index is 13.2. The molecule has 2 nitrogen and oxygen atoms in total. The van der Waals surface area contributed by atoms with Crippen LogP contribution in [0.15, 0.2) is 60.7 Å². The van der Waals surface area contributed by atoms with Gasteiger partial charge in [-0.2, -0.15) is 0 Å². The van der Waals surface area contributed by atoms with Crippen molar-refractivity contribution in [2.75, 3.05) is 13.1 Å². The number of hydrogen-bond acceptors (Lipinski definition) is 1. The topological polar surface area (TPSA) is 20.3 Å². The van der Waals surface area contributed by atoms with Gasteiger partial charge >= 0.3 is 0 Å². The molecule has 0 bridgehead atoms. The van der Waals surface area contributed by atoms with E-state index in [1.165, 1.54) is 55.1 Å². The zero-order valence-electron chi connectivity index (χ0n) is 19.4. The van der Waals surface area contributed by atoms with Gasteiger partial charge in [0.05, 0.1) is 0 Å². The number of fused-ring (bicyclic) bond motifs is 4. The van der Waals surface area contributed by atoms with E-state index in [1.54, 1.807) is 0 Å². The van der Waals surface area contributed by atoms with Gasteiger partial charge in [0.1, 0.15) is 0 Å². The zero-order chi connectivity index (χ0) is 22.4. The van der Waals surface area contributed by atoms with Crippen LogP contribution in [0.1, 0.15) is 60.3 Å². The molecule has 1 amide bonds. The lowest BCUT2D eigenvalue weighted by atomic mass is 9.78. The minimum absolute atomic E-state index is 0.147. The van der Waals surface area contributed by atoms with E-state index in [1.807, 2.05) is 0 Å². The van der Waals surface area contributed by atoms with E-state index in [0.29, 0.717) is 12.3 Å². The van der Waals surface area contributed by atoms with Crippen molar-refractivity contribution in [1.29, 1.82) is 0 Å². The van der Waals surface area contributed by atoms with Gasteiger partial charge in [-0.3, -0.25) is 4.79 Å². The fourth-order valence-corrected chi connectivity index (χ4v) is 6.28. The highest BCUT2D eigenvalue weighted by Crippen LogP contribution is 2.33. The highest BCUT2D eigenvalue weighted by molar-refractivity contribution is 5.79. The Bertz CT molecular complexity index is 1460. The maximum Gasteiger partial charge on any atom is 0.223 e. The van der Waals surface area contributed by atoms with Crippen LogP contribution in [-0.4, -0.2) is 23.9 Å². The Kier molecular flexibility index (Phi) is 5.17. The van der Waals surface area contributed by atoms with Gasteiger partial charge in [0.15, 0.2) is 0 Å². The summed E-state index contributed by atoms with van der Waals surface area (Å²) in [4.78, 5) is 15.3. The lowest BCUT2D eigenvalue weighted by molar-refractivity contribution is -0.130. The predicted molar refractivity (Wildman–Crippen MR) is 134 cm³/mol. The van der Waals surface area contributed by atoms with Crippen LogP contribution in [0.3, 0.4) is 0 Å². The first kappa shape index (κ1) is 20.5. The summed E-state index contributed by atoms with van der Waals surface area (Å²) in [6.07, 6.45) is 8.62. The Morgan fingerprint density at radius 3 is 2.45 bits per heavy atom. The van der Waals surface area contributed by atoms with Gasteiger partial charge in [-0.05, 0) is 87.7 Å². The molecule has 2 aliphatic carbocycles. The van der Waals surface area contributed by atoms with Gasteiger partial charge in [0.2, 0.25) is 5.91 Å². The molecule has 0 radical (unpaired) electrons. The number of rotatable bonds is 3. The molecule has 1 unspecified atom stereocenters. The predicted octanol–water partition coefficient (Wildman–Crippen LogP) is 4.71. The normalized spacial score (nSPS) is 18.9. The Morgan fingerprint density at radius 2 is 1.61 bits per heavy atom. The number of hydrogen-bond donors (Lipinski definition) is 0. The summed E-state index contributed by atoms with van der Waals surface area (Å²) in [5.74, 6) is 0.463. The standard InChI is InChI=1S/C31H31NO/c1-21-9-2-4-11-24(21)26-13-8-14-28-27(26)15-16-29-25-12-5-3-10-22(25)19-23(31(28)29)20-30(33)32-17-6-7-18-32/h2-5,9-12,15-16,19,23H,6-8,13-14,17-18,20H2,1H3. The summed E-state index contributed by atoms with van der Waals surface area (Å²) in [6, 6.07) is 22.2. The van der Waals surface area contributed by atoms with E-state index >= 15 is 0 Å². The number of aryl methyl sites for hydroxylation is 1. The van der Waals surface area contributed by atoms with Gasteiger partial charge < -0.3 is 4.90 Å². The molecule has 33 heavy (non-hydrogen) atoms. The van der Waals surface area contributed by atoms with E-state index < -0.39 is 0 Å². The van der Waals surface area contributed by atoms with Crippen molar-refractivity contribution in [2.24, 2.45) is 0 Å². The Balaban J connectivity index is 1.60. The maximum absolute atomic E-state index is 13.2. The molecule has 1 heterocycles. The molecule has 3 aromatic carbocycles. The first-order valence-electron chi connectivity index (χ1n) is 12.5. The van der Waals surface area contributed by atoms with Crippen LogP contribution in [0.5, 0.6) is 0 Å². The van der Waals surface area contributed by atoms with Crippen LogP contribution in [-0.2, 0) is 11.2 Å². The molecular weight excluding hydrogens is 402 g/mol. The fraction of sp³-hybridized carbons (Fsp3) is 0.323. The average Bonchev–Trinajstić information content (AvgIpc) is 3.39. The molecule has 1 aliphatic heterocycles. The fourth-order valence-electron chi connectivity index (χ4n) is 6.28. The van der Waals surface area contributed by atoms with Crippen molar-refractivity contribution in [1.82, 2.24) is 4.90 Å². The molecule has 2 heteroatoms. The van der Waals surface area contributed by atoms with Gasteiger partial charge in [0.25, 0.3) is 0 Å². The number of nitrogens with zero attached hydrogens (tertiary/aromatic N) is 1. The Labute approximate surface area is 195 Å². The van der Waals surface area contributed by atoms with Gasteiger partial charge in [0, 0.05) is 25.4 Å². The van der Waals surface area contributed by atoms with Crippen LogP contribution < -0.4 is 10.4 Å².